The van der Waals surface area contributed by atoms with Gasteiger partial charge in [0, 0.05) is 26.2 Å². The quantitative estimate of drug-likeness (QED) is 0.0197. The normalized spacial score (nSPS) is 20.0. The standard InChI is InChI=1S/C58H98N14O16/c1-11-32(9)45(52(82)66-38(57(87)88)28-43(75)76)68-50(80)40-19-15-23-71(40)55(85)37(26-30(5)6)65-49(79)39-18-16-24-72(39)56(86)44(31(7)8)67-53(83)46(33(10)12-2)69-51(81)41-20-14-22-70(41)54(84)36(25-29(3)4)64-48(78)35(27-42(73)74)63-47(77)34(59)17-13-21-62-58(60)61/h29-41,44-46H,11-28,59H2,1-10H3,(H,63,77)(H,64,78)(H,65,79)(H,66,82)(H,67,83)(H,68,80)(H,69,81)(H,73,74)(H,75,76)(H,87,88)(H4,60,61,62)/t32-,33-,34-,35-,36-,37-,38-,39-,40-,41-,44-,45-,46-/m0/s1. The predicted molar refractivity (Wildman–Crippen MR) is 320 cm³/mol. The maximum atomic E-state index is 14.7. The Kier molecular flexibility index (Phi) is 30.0. The number of guanidine groups is 1. The summed E-state index contributed by atoms with van der Waals surface area (Å²) in [6.07, 6.45) is 1.39. The monoisotopic (exact) mass is 1250 g/mol. The van der Waals surface area contributed by atoms with Crippen molar-refractivity contribution in [2.75, 3.05) is 26.2 Å². The Morgan fingerprint density at radius 1 is 0.489 bits per heavy atom. The van der Waals surface area contributed by atoms with Crippen molar-refractivity contribution < 1.29 is 77.6 Å². The van der Waals surface area contributed by atoms with E-state index in [1.54, 1.807) is 55.4 Å². The fourth-order valence-electron chi connectivity index (χ4n) is 11.0. The average molecular weight is 1250 g/mol. The van der Waals surface area contributed by atoms with Crippen molar-refractivity contribution in [1.82, 2.24) is 51.9 Å². The number of hydrogen-bond donors (Lipinski definition) is 13. The number of carboxylic acids is 3. The molecule has 0 radical (unpaired) electrons. The fraction of sp³-hybridized carbons (Fsp3) is 0.759. The van der Waals surface area contributed by atoms with Crippen LogP contribution < -0.4 is 54.4 Å². The summed E-state index contributed by atoms with van der Waals surface area (Å²) in [6, 6.07) is -14.0. The third-order valence-corrected chi connectivity index (χ3v) is 16.3. The summed E-state index contributed by atoms with van der Waals surface area (Å²) in [5, 5.41) is 46.8. The van der Waals surface area contributed by atoms with Crippen LogP contribution in [0.5, 0.6) is 0 Å². The van der Waals surface area contributed by atoms with Crippen molar-refractivity contribution in [1.29, 1.82) is 0 Å². The highest BCUT2D eigenvalue weighted by atomic mass is 16.4. The van der Waals surface area contributed by atoms with Gasteiger partial charge in [-0.15, -0.1) is 0 Å². The van der Waals surface area contributed by atoms with Gasteiger partial charge in [-0.05, 0) is 93.8 Å². The molecular formula is C58H98N14O16. The van der Waals surface area contributed by atoms with Crippen molar-refractivity contribution >= 4 is 82.9 Å². The van der Waals surface area contributed by atoms with Gasteiger partial charge in [-0.1, -0.05) is 82.1 Å². The maximum Gasteiger partial charge on any atom is 0.326 e. The minimum absolute atomic E-state index is 0.0660. The molecule has 0 aromatic carbocycles. The Morgan fingerprint density at radius 3 is 1.27 bits per heavy atom. The Morgan fingerprint density at radius 2 is 0.875 bits per heavy atom. The number of nitrogens with two attached hydrogens (primary N) is 3. The molecule has 13 atom stereocenters. The van der Waals surface area contributed by atoms with Crippen molar-refractivity contribution in [3.05, 3.63) is 0 Å². The average Bonchev–Trinajstić information content (AvgIpc) is 1.78. The molecule has 30 nitrogen and oxygen atoms in total. The van der Waals surface area contributed by atoms with Gasteiger partial charge in [0.1, 0.15) is 60.4 Å². The van der Waals surface area contributed by atoms with E-state index in [1.165, 1.54) is 14.7 Å². The number of aliphatic imine (C=N–C) groups is 1. The number of hydrogen-bond acceptors (Lipinski definition) is 15. The van der Waals surface area contributed by atoms with Crippen molar-refractivity contribution in [2.24, 2.45) is 51.8 Å². The lowest BCUT2D eigenvalue weighted by Gasteiger charge is -2.34. The van der Waals surface area contributed by atoms with Gasteiger partial charge in [0.25, 0.3) is 0 Å². The Bertz CT molecular complexity index is 2530. The predicted octanol–water partition coefficient (Wildman–Crippen LogP) is -1.39. The molecule has 0 spiro atoms. The molecule has 3 saturated heterocycles. The third-order valence-electron chi connectivity index (χ3n) is 16.3. The largest absolute Gasteiger partial charge is 0.481 e. The van der Waals surface area contributed by atoms with Gasteiger partial charge in [-0.2, -0.15) is 0 Å². The number of amides is 10. The first kappa shape index (κ1) is 74.6. The van der Waals surface area contributed by atoms with E-state index >= 15 is 0 Å². The molecule has 496 valence electrons. The maximum absolute atomic E-state index is 14.7. The van der Waals surface area contributed by atoms with Crippen LogP contribution in [0.2, 0.25) is 0 Å². The molecule has 3 fully saturated rings. The fourth-order valence-corrected chi connectivity index (χ4v) is 11.0. The van der Waals surface area contributed by atoms with Crippen LogP contribution in [-0.2, 0) is 62.3 Å². The van der Waals surface area contributed by atoms with Crippen LogP contribution >= 0.6 is 0 Å². The second-order valence-corrected chi connectivity index (χ2v) is 24.6. The number of nitrogens with one attached hydrogen (secondary N) is 7. The summed E-state index contributed by atoms with van der Waals surface area (Å²) in [5.74, 6) is -13.8. The molecule has 0 aliphatic carbocycles. The zero-order chi connectivity index (χ0) is 66.4. The number of carbonyl (C=O) groups excluding carboxylic acids is 10. The number of carbonyl (C=O) groups is 13. The summed E-state index contributed by atoms with van der Waals surface area (Å²) in [7, 11) is 0. The lowest BCUT2D eigenvalue weighted by Crippen LogP contribution is -2.62. The molecule has 3 heterocycles. The summed E-state index contributed by atoms with van der Waals surface area (Å²) >= 11 is 0. The highest BCUT2D eigenvalue weighted by Crippen LogP contribution is 2.26. The second-order valence-electron chi connectivity index (χ2n) is 24.6. The zero-order valence-electron chi connectivity index (χ0n) is 52.6. The summed E-state index contributed by atoms with van der Waals surface area (Å²) in [4.78, 5) is 184. The topological polar surface area (TPSA) is 467 Å². The molecule has 10 amide bonds. The Balaban J connectivity index is 1.80. The zero-order valence-corrected chi connectivity index (χ0v) is 52.6. The molecule has 30 heteroatoms. The van der Waals surface area contributed by atoms with E-state index in [4.69, 9.17) is 17.2 Å². The van der Waals surface area contributed by atoms with E-state index in [1.807, 2.05) is 13.8 Å². The van der Waals surface area contributed by atoms with E-state index < -0.39 is 174 Å². The molecule has 0 unspecified atom stereocenters. The number of likely N-dealkylation sites (tertiary alicyclic amines) is 3. The van der Waals surface area contributed by atoms with Crippen LogP contribution in [-0.4, -0.2) is 206 Å². The first-order valence-corrected chi connectivity index (χ1v) is 30.8. The van der Waals surface area contributed by atoms with Crippen LogP contribution in [0.1, 0.15) is 159 Å². The number of rotatable bonds is 35. The molecule has 16 N–H and O–H groups in total. The molecule has 0 bridgehead atoms. The van der Waals surface area contributed by atoms with E-state index in [9.17, 15) is 77.6 Å². The van der Waals surface area contributed by atoms with Crippen LogP contribution in [0.15, 0.2) is 4.99 Å². The van der Waals surface area contributed by atoms with Crippen molar-refractivity contribution in [3.63, 3.8) is 0 Å². The summed E-state index contributed by atoms with van der Waals surface area (Å²) in [6.45, 7) is 18.1. The number of nitrogens with zero attached hydrogens (tertiary/aromatic N) is 4. The second kappa shape index (κ2) is 35.4. The minimum Gasteiger partial charge on any atom is -0.481 e. The molecule has 0 saturated carbocycles. The van der Waals surface area contributed by atoms with Gasteiger partial charge in [0.15, 0.2) is 5.96 Å². The van der Waals surface area contributed by atoms with Crippen LogP contribution in [0.3, 0.4) is 0 Å². The lowest BCUT2D eigenvalue weighted by atomic mass is 9.95. The smallest absolute Gasteiger partial charge is 0.326 e. The molecule has 88 heavy (non-hydrogen) atoms. The number of carboxylic acid groups (broad SMARTS) is 3. The summed E-state index contributed by atoms with van der Waals surface area (Å²) in [5.41, 5.74) is 16.7. The Hall–Kier alpha value is -7.66. The van der Waals surface area contributed by atoms with Crippen LogP contribution in [0, 0.1) is 29.6 Å². The van der Waals surface area contributed by atoms with Crippen molar-refractivity contribution in [3.8, 4) is 0 Å². The van der Waals surface area contributed by atoms with Gasteiger partial charge >= 0.3 is 17.9 Å². The first-order valence-electron chi connectivity index (χ1n) is 30.8. The number of aliphatic carboxylic acids is 3. The van der Waals surface area contributed by atoms with E-state index in [0.29, 0.717) is 38.5 Å². The van der Waals surface area contributed by atoms with Gasteiger partial charge in [-0.3, -0.25) is 62.5 Å². The van der Waals surface area contributed by atoms with E-state index in [2.05, 4.69) is 42.2 Å². The minimum atomic E-state index is -1.77. The van der Waals surface area contributed by atoms with Crippen LogP contribution in [0.4, 0.5) is 0 Å². The molecule has 3 rings (SSSR count). The van der Waals surface area contributed by atoms with Gasteiger partial charge in [0.2, 0.25) is 59.1 Å². The highest BCUT2D eigenvalue weighted by molar-refractivity contribution is 6.00. The van der Waals surface area contributed by atoms with Gasteiger partial charge < -0.3 is 84.4 Å². The van der Waals surface area contributed by atoms with Crippen LogP contribution in [0.25, 0.3) is 0 Å². The van der Waals surface area contributed by atoms with Gasteiger partial charge in [-0.25, -0.2) is 4.79 Å². The molecule has 3 aliphatic heterocycles. The third kappa shape index (κ3) is 22.2. The van der Waals surface area contributed by atoms with Crippen molar-refractivity contribution in [2.45, 2.75) is 226 Å². The molecule has 0 aromatic rings. The highest BCUT2D eigenvalue weighted by Gasteiger charge is 2.45. The van der Waals surface area contributed by atoms with Gasteiger partial charge in [0.05, 0.1) is 18.9 Å². The van der Waals surface area contributed by atoms with E-state index in [0.717, 1.165) is 0 Å². The molecular weight excluding hydrogens is 1150 g/mol. The first-order chi connectivity index (χ1) is 41.2. The molecule has 0 aromatic heterocycles. The SMILES string of the molecule is CC[C@H](C)[C@H](NC(=O)[C@@H]1CCCN1C(=O)[C@H](CC(C)C)NC(=O)[C@H](CC(=O)O)NC(=O)[C@@H](N)CCCN=C(N)N)C(=O)N[C@H](C(=O)N1CCC[C@H]1C(=O)N[C@@H](CC(C)C)C(=O)N1CCC[C@H]1C(=O)N[C@H](C(=O)N[C@@H](CC(=O)O)C(=O)O)[C@@H](C)CC)C(C)C. The lowest BCUT2D eigenvalue weighted by molar-refractivity contribution is -0.148. The Labute approximate surface area is 514 Å². The van der Waals surface area contributed by atoms with E-state index in [-0.39, 0.29) is 82.5 Å². The molecule has 3 aliphatic rings. The summed E-state index contributed by atoms with van der Waals surface area (Å²) < 4.78 is 0.